The monoisotopic (exact) mass is 444 g/mol. The lowest BCUT2D eigenvalue weighted by Crippen LogP contribution is -2.50. The zero-order valence-corrected chi connectivity index (χ0v) is 18.9. The molecule has 166 valence electrons. The predicted octanol–water partition coefficient (Wildman–Crippen LogP) is 3.79. The van der Waals surface area contributed by atoms with Gasteiger partial charge in [-0.05, 0) is 44.4 Å². The molecule has 1 N–H and O–H groups in total. The van der Waals surface area contributed by atoms with Crippen LogP contribution in [0.4, 0.5) is 22.2 Å². The molecule has 4 rings (SSSR count). The van der Waals surface area contributed by atoms with Crippen molar-refractivity contribution in [3.8, 4) is 5.75 Å². The van der Waals surface area contributed by atoms with Gasteiger partial charge in [0, 0.05) is 56.1 Å². The smallest absolute Gasteiger partial charge is 0.322 e. The van der Waals surface area contributed by atoms with Crippen molar-refractivity contribution in [2.24, 2.45) is 0 Å². The zero-order valence-electron chi connectivity index (χ0n) is 18.1. The van der Waals surface area contributed by atoms with Crippen LogP contribution in [0.2, 0.25) is 5.02 Å². The minimum Gasteiger partial charge on any atom is -0.495 e. The number of ether oxygens (including phenoxy) is 1. The maximum Gasteiger partial charge on any atom is 0.322 e. The summed E-state index contributed by atoms with van der Waals surface area (Å²) in [7, 11) is 1.57. The van der Waals surface area contributed by atoms with E-state index in [-0.39, 0.29) is 6.03 Å². The summed E-state index contributed by atoms with van der Waals surface area (Å²) in [6, 6.07) is 7.04. The summed E-state index contributed by atoms with van der Waals surface area (Å²) in [5.74, 6) is 2.34. The van der Waals surface area contributed by atoms with Crippen molar-refractivity contribution >= 4 is 35.1 Å². The number of rotatable bonds is 4. The summed E-state index contributed by atoms with van der Waals surface area (Å²) in [5.41, 5.74) is 1.54. The summed E-state index contributed by atoms with van der Waals surface area (Å²) in [6.07, 6.45) is 3.66. The number of carbonyl (C=O) groups is 1. The highest BCUT2D eigenvalue weighted by molar-refractivity contribution is 6.31. The van der Waals surface area contributed by atoms with Gasteiger partial charge < -0.3 is 24.8 Å². The standard InChI is InChI=1S/C22H29ClN6O2/c1-16-14-20(26-21(24-16)28-8-4-3-5-9-28)27-10-12-29(13-11-27)22(30)25-18-15-17(23)6-7-19(18)31-2/h6-7,14-15H,3-5,8-13H2,1-2H3,(H,25,30). The number of aromatic nitrogens is 2. The van der Waals surface area contributed by atoms with E-state index in [0.717, 1.165) is 43.6 Å². The Morgan fingerprint density at radius 1 is 1.00 bits per heavy atom. The van der Waals surface area contributed by atoms with Crippen LogP contribution in [-0.2, 0) is 0 Å². The number of nitrogens with one attached hydrogen (secondary N) is 1. The number of hydrogen-bond donors (Lipinski definition) is 1. The van der Waals surface area contributed by atoms with Gasteiger partial charge in [-0.2, -0.15) is 4.98 Å². The number of hydrogen-bond acceptors (Lipinski definition) is 6. The van der Waals surface area contributed by atoms with Crippen molar-refractivity contribution in [3.63, 3.8) is 0 Å². The van der Waals surface area contributed by atoms with Gasteiger partial charge in [-0.25, -0.2) is 9.78 Å². The first kappa shape index (κ1) is 21.5. The minimum atomic E-state index is -0.159. The minimum absolute atomic E-state index is 0.159. The molecule has 9 heteroatoms. The van der Waals surface area contributed by atoms with Gasteiger partial charge in [0.25, 0.3) is 0 Å². The van der Waals surface area contributed by atoms with Gasteiger partial charge in [-0.15, -0.1) is 0 Å². The van der Waals surface area contributed by atoms with Crippen molar-refractivity contribution < 1.29 is 9.53 Å². The fraction of sp³-hybridized carbons (Fsp3) is 0.500. The van der Waals surface area contributed by atoms with Gasteiger partial charge in [-0.3, -0.25) is 0 Å². The fourth-order valence-electron chi connectivity index (χ4n) is 4.04. The number of piperidine rings is 1. The Balaban J connectivity index is 1.39. The summed E-state index contributed by atoms with van der Waals surface area (Å²) in [6.45, 7) is 6.70. The molecule has 31 heavy (non-hydrogen) atoms. The number of amides is 2. The molecule has 1 aromatic carbocycles. The van der Waals surface area contributed by atoms with Gasteiger partial charge >= 0.3 is 6.03 Å². The SMILES string of the molecule is COc1ccc(Cl)cc1NC(=O)N1CCN(c2cc(C)nc(N3CCCCC3)n2)CC1. The molecule has 1 aromatic heterocycles. The molecule has 2 amide bonds. The van der Waals surface area contributed by atoms with Crippen molar-refractivity contribution in [1.82, 2.24) is 14.9 Å². The van der Waals surface area contributed by atoms with E-state index in [0.29, 0.717) is 29.5 Å². The molecule has 0 saturated carbocycles. The highest BCUT2D eigenvalue weighted by Crippen LogP contribution is 2.28. The molecule has 0 atom stereocenters. The van der Waals surface area contributed by atoms with E-state index >= 15 is 0 Å². The first-order valence-corrected chi connectivity index (χ1v) is 11.2. The van der Waals surface area contributed by atoms with E-state index in [1.165, 1.54) is 19.3 Å². The first-order valence-electron chi connectivity index (χ1n) is 10.8. The largest absolute Gasteiger partial charge is 0.495 e. The number of halogens is 1. The van der Waals surface area contributed by atoms with E-state index < -0.39 is 0 Å². The van der Waals surface area contributed by atoms with Crippen LogP contribution >= 0.6 is 11.6 Å². The maximum atomic E-state index is 12.8. The number of aryl methyl sites for hydroxylation is 1. The molecule has 2 fully saturated rings. The lowest BCUT2D eigenvalue weighted by atomic mass is 10.1. The third kappa shape index (κ3) is 5.12. The molecule has 0 radical (unpaired) electrons. The molecule has 0 unspecified atom stereocenters. The summed E-state index contributed by atoms with van der Waals surface area (Å²) in [5, 5.41) is 3.46. The number of nitrogens with zero attached hydrogens (tertiary/aromatic N) is 5. The van der Waals surface area contributed by atoms with Crippen LogP contribution in [0.1, 0.15) is 25.0 Å². The van der Waals surface area contributed by atoms with Gasteiger partial charge in [0.2, 0.25) is 5.95 Å². The van der Waals surface area contributed by atoms with Crippen LogP contribution in [0, 0.1) is 6.92 Å². The third-order valence-corrected chi connectivity index (χ3v) is 6.00. The van der Waals surface area contributed by atoms with Gasteiger partial charge in [0.15, 0.2) is 0 Å². The van der Waals surface area contributed by atoms with Gasteiger partial charge in [0.1, 0.15) is 11.6 Å². The second kappa shape index (κ2) is 9.60. The van der Waals surface area contributed by atoms with Crippen LogP contribution < -0.4 is 19.9 Å². The van der Waals surface area contributed by atoms with Gasteiger partial charge in [0.05, 0.1) is 12.8 Å². The lowest BCUT2D eigenvalue weighted by molar-refractivity contribution is 0.208. The Kier molecular flexibility index (Phi) is 6.65. The van der Waals surface area contributed by atoms with Crippen LogP contribution in [0.3, 0.4) is 0 Å². The normalized spacial score (nSPS) is 16.9. The maximum absolute atomic E-state index is 12.8. The number of urea groups is 1. The second-order valence-electron chi connectivity index (χ2n) is 7.96. The Labute approximate surface area is 188 Å². The number of methoxy groups -OCH3 is 1. The average molecular weight is 445 g/mol. The molecule has 0 spiro atoms. The number of anilines is 3. The quantitative estimate of drug-likeness (QED) is 0.773. The van der Waals surface area contributed by atoms with E-state index in [2.05, 4.69) is 20.1 Å². The number of carbonyl (C=O) groups excluding carboxylic acids is 1. The molecule has 0 aliphatic carbocycles. The molecule has 3 heterocycles. The number of piperazine rings is 1. The van der Waals surface area contributed by atoms with E-state index in [4.69, 9.17) is 21.3 Å². The zero-order chi connectivity index (χ0) is 21.8. The third-order valence-electron chi connectivity index (χ3n) is 5.76. The van der Waals surface area contributed by atoms with Crippen LogP contribution in [-0.4, -0.2) is 67.3 Å². The van der Waals surface area contributed by atoms with Crippen LogP contribution in [0.5, 0.6) is 5.75 Å². The highest BCUT2D eigenvalue weighted by atomic mass is 35.5. The number of benzene rings is 1. The molecule has 0 bridgehead atoms. The van der Waals surface area contributed by atoms with Crippen LogP contribution in [0.25, 0.3) is 0 Å². The predicted molar refractivity (Wildman–Crippen MR) is 124 cm³/mol. The van der Waals surface area contributed by atoms with Gasteiger partial charge in [-0.1, -0.05) is 11.6 Å². The Morgan fingerprint density at radius 3 is 2.45 bits per heavy atom. The van der Waals surface area contributed by atoms with Crippen molar-refractivity contribution in [1.29, 1.82) is 0 Å². The van der Waals surface area contributed by atoms with E-state index in [1.807, 2.05) is 13.0 Å². The summed E-state index contributed by atoms with van der Waals surface area (Å²) in [4.78, 5) is 28.6. The fourth-order valence-corrected chi connectivity index (χ4v) is 4.22. The Bertz CT molecular complexity index is 926. The topological polar surface area (TPSA) is 73.8 Å². The molecule has 2 aliphatic heterocycles. The molecule has 2 aromatic rings. The van der Waals surface area contributed by atoms with Crippen molar-refractivity contribution in [2.75, 3.05) is 61.5 Å². The van der Waals surface area contributed by atoms with Crippen molar-refractivity contribution in [3.05, 3.63) is 35.0 Å². The Morgan fingerprint density at radius 2 is 1.74 bits per heavy atom. The van der Waals surface area contributed by atoms with E-state index in [9.17, 15) is 4.79 Å². The lowest BCUT2D eigenvalue weighted by Gasteiger charge is -2.36. The summed E-state index contributed by atoms with van der Waals surface area (Å²) < 4.78 is 5.32. The highest BCUT2D eigenvalue weighted by Gasteiger charge is 2.24. The molecule has 8 nitrogen and oxygen atoms in total. The molecular formula is C22H29ClN6O2. The average Bonchev–Trinajstić information content (AvgIpc) is 2.79. The first-order chi connectivity index (χ1) is 15.0. The second-order valence-corrected chi connectivity index (χ2v) is 8.40. The van der Waals surface area contributed by atoms with Crippen molar-refractivity contribution in [2.45, 2.75) is 26.2 Å². The molecule has 2 saturated heterocycles. The van der Waals surface area contributed by atoms with Crippen LogP contribution in [0.15, 0.2) is 24.3 Å². The van der Waals surface area contributed by atoms with E-state index in [1.54, 1.807) is 30.2 Å². The summed E-state index contributed by atoms with van der Waals surface area (Å²) >= 11 is 6.07. The molecule has 2 aliphatic rings. The Hall–Kier alpha value is -2.74. The molecular weight excluding hydrogens is 416 g/mol.